The number of epoxide rings is 1. The molecule has 5 aliphatic rings. The molecule has 0 N–H and O–H groups in total. The summed E-state index contributed by atoms with van der Waals surface area (Å²) in [6.07, 6.45) is 11.1. The van der Waals surface area contributed by atoms with Crippen LogP contribution in [0, 0.1) is 46.3 Å². The summed E-state index contributed by atoms with van der Waals surface area (Å²) in [4.78, 5) is 23.9. The van der Waals surface area contributed by atoms with Crippen LogP contribution < -0.4 is 0 Å². The minimum atomic E-state index is -0.431. The summed E-state index contributed by atoms with van der Waals surface area (Å²) in [5.41, 5.74) is 1.20. The summed E-state index contributed by atoms with van der Waals surface area (Å²) < 4.78 is 18.7. The molecule has 11 atom stereocenters. The van der Waals surface area contributed by atoms with Gasteiger partial charge in [0.1, 0.15) is 23.4 Å². The maximum absolute atomic E-state index is 12.3. The van der Waals surface area contributed by atoms with Gasteiger partial charge in [-0.3, -0.25) is 9.59 Å². The van der Waals surface area contributed by atoms with Crippen molar-refractivity contribution >= 4 is 11.9 Å². The Bertz CT molecular complexity index is 1000. The topological polar surface area (TPSA) is 65.1 Å². The molecule has 0 bridgehead atoms. The minimum Gasteiger partial charge on any atom is -0.462 e. The summed E-state index contributed by atoms with van der Waals surface area (Å²) >= 11 is 0. The van der Waals surface area contributed by atoms with Crippen molar-refractivity contribution < 1.29 is 23.8 Å². The van der Waals surface area contributed by atoms with Gasteiger partial charge in [0, 0.05) is 25.7 Å². The van der Waals surface area contributed by atoms with Gasteiger partial charge in [-0.05, 0) is 92.8 Å². The summed E-state index contributed by atoms with van der Waals surface area (Å²) in [5.74, 6) is 2.80. The van der Waals surface area contributed by atoms with Crippen molar-refractivity contribution in [1.82, 2.24) is 0 Å². The van der Waals surface area contributed by atoms with E-state index < -0.39 is 5.60 Å². The number of esters is 2. The average Bonchev–Trinajstić information content (AvgIpc) is 3.35. The largest absolute Gasteiger partial charge is 0.462 e. The summed E-state index contributed by atoms with van der Waals surface area (Å²) in [5, 5.41) is 0. The first-order valence-electron chi connectivity index (χ1n) is 15.4. The van der Waals surface area contributed by atoms with Gasteiger partial charge in [0.15, 0.2) is 0 Å². The summed E-state index contributed by atoms with van der Waals surface area (Å²) in [7, 11) is 0. The smallest absolute Gasteiger partial charge is 0.303 e. The molecule has 1 spiro atoms. The minimum absolute atomic E-state index is 0.0426. The maximum Gasteiger partial charge on any atom is 0.303 e. The quantitative estimate of drug-likeness (QED) is 0.206. The lowest BCUT2D eigenvalue weighted by molar-refractivity contribution is -0.155. The monoisotopic (exact) mass is 528 g/mol. The van der Waals surface area contributed by atoms with E-state index in [1.54, 1.807) is 6.92 Å². The van der Waals surface area contributed by atoms with E-state index in [1.807, 2.05) is 0 Å². The number of hydrogen-bond donors (Lipinski definition) is 0. The molecule has 0 aromatic carbocycles. The van der Waals surface area contributed by atoms with E-state index in [-0.39, 0.29) is 46.5 Å². The molecule has 0 aromatic heterocycles. The summed E-state index contributed by atoms with van der Waals surface area (Å²) in [6.45, 7) is 19.4. The number of carbonyl (C=O) groups excluding carboxylic acids is 2. The van der Waals surface area contributed by atoms with Crippen molar-refractivity contribution in [1.29, 1.82) is 0 Å². The number of allylic oxidation sites excluding steroid dienone is 1. The lowest BCUT2D eigenvalue weighted by atomic mass is 9.46. The van der Waals surface area contributed by atoms with Crippen LogP contribution in [0.1, 0.15) is 114 Å². The van der Waals surface area contributed by atoms with Crippen LogP contribution in [0.15, 0.2) is 11.6 Å². The highest BCUT2D eigenvalue weighted by Crippen LogP contribution is 2.76. The Morgan fingerprint density at radius 2 is 1.61 bits per heavy atom. The number of rotatable bonds is 6. The first-order valence-corrected chi connectivity index (χ1v) is 15.4. The molecule has 5 rings (SSSR count). The second kappa shape index (κ2) is 9.35. The van der Waals surface area contributed by atoms with Crippen LogP contribution in [0.4, 0.5) is 0 Å². The molecule has 4 aliphatic carbocycles. The Morgan fingerprint density at radius 1 is 0.921 bits per heavy atom. The predicted octanol–water partition coefficient (Wildman–Crippen LogP) is 7.27. The van der Waals surface area contributed by atoms with Gasteiger partial charge in [0.2, 0.25) is 0 Å². The van der Waals surface area contributed by atoms with E-state index >= 15 is 0 Å². The molecule has 1 saturated heterocycles. The van der Waals surface area contributed by atoms with Crippen molar-refractivity contribution in [3.63, 3.8) is 0 Å². The maximum atomic E-state index is 12.3. The molecule has 5 heteroatoms. The van der Waals surface area contributed by atoms with Gasteiger partial charge in [-0.25, -0.2) is 0 Å². The van der Waals surface area contributed by atoms with Gasteiger partial charge in [0.05, 0.1) is 0 Å². The predicted molar refractivity (Wildman–Crippen MR) is 148 cm³/mol. The fourth-order valence-electron chi connectivity index (χ4n) is 10.4. The molecule has 1 heterocycles. The highest BCUT2D eigenvalue weighted by Gasteiger charge is 2.82. The Morgan fingerprint density at radius 3 is 2.24 bits per heavy atom. The first-order chi connectivity index (χ1) is 17.7. The SMILES string of the molecule is CC(=O)OC(C(C)C(C)C(C)C)[C@]1(C)O[C@]12CCC1C3CC=C4C[C@@H](OC(C)=O)CC[C@]4(C)C3CC[C@@]12C. The molecule has 0 amide bonds. The first kappa shape index (κ1) is 28.2. The highest BCUT2D eigenvalue weighted by atomic mass is 16.7. The van der Waals surface area contributed by atoms with Gasteiger partial charge in [0.25, 0.3) is 0 Å². The Balaban J connectivity index is 1.40. The zero-order chi connectivity index (χ0) is 27.8. The molecule has 38 heavy (non-hydrogen) atoms. The average molecular weight is 529 g/mol. The van der Waals surface area contributed by atoms with Gasteiger partial charge in [-0.2, -0.15) is 0 Å². The molecule has 4 fully saturated rings. The van der Waals surface area contributed by atoms with E-state index in [9.17, 15) is 9.59 Å². The number of ether oxygens (including phenoxy) is 3. The van der Waals surface area contributed by atoms with E-state index in [0.29, 0.717) is 29.6 Å². The Hall–Kier alpha value is -1.36. The zero-order valence-corrected chi connectivity index (χ0v) is 25.4. The molecule has 214 valence electrons. The number of carbonyl (C=O) groups is 2. The third kappa shape index (κ3) is 3.95. The van der Waals surface area contributed by atoms with Gasteiger partial charge >= 0.3 is 11.9 Å². The van der Waals surface area contributed by atoms with E-state index in [4.69, 9.17) is 14.2 Å². The third-order valence-corrected chi connectivity index (χ3v) is 12.9. The van der Waals surface area contributed by atoms with Gasteiger partial charge < -0.3 is 14.2 Å². The van der Waals surface area contributed by atoms with Crippen LogP contribution >= 0.6 is 0 Å². The van der Waals surface area contributed by atoms with Crippen LogP contribution in [0.5, 0.6) is 0 Å². The van der Waals surface area contributed by atoms with Crippen LogP contribution in [0.2, 0.25) is 0 Å². The van der Waals surface area contributed by atoms with Crippen LogP contribution in [-0.4, -0.2) is 35.3 Å². The molecule has 0 aromatic rings. The van der Waals surface area contributed by atoms with E-state index in [0.717, 1.165) is 32.1 Å². The summed E-state index contributed by atoms with van der Waals surface area (Å²) in [6, 6.07) is 0. The number of fused-ring (bicyclic) bond motifs is 6. The Kier molecular flexibility index (Phi) is 6.93. The molecule has 1 aliphatic heterocycles. The van der Waals surface area contributed by atoms with Crippen LogP contribution in [0.3, 0.4) is 0 Å². The van der Waals surface area contributed by atoms with Crippen molar-refractivity contribution in [2.45, 2.75) is 137 Å². The highest BCUT2D eigenvalue weighted by molar-refractivity contribution is 5.66. The molecular formula is C33H52O5. The van der Waals surface area contributed by atoms with Crippen molar-refractivity contribution in [3.8, 4) is 0 Å². The second-order valence-corrected chi connectivity index (χ2v) is 14.8. The Labute approximate surface area is 230 Å². The van der Waals surface area contributed by atoms with E-state index in [2.05, 4.69) is 54.5 Å². The van der Waals surface area contributed by atoms with Crippen LogP contribution in [-0.2, 0) is 23.8 Å². The molecule has 0 radical (unpaired) electrons. The van der Waals surface area contributed by atoms with Crippen molar-refractivity contribution in [2.75, 3.05) is 0 Å². The normalized spacial score (nSPS) is 45.8. The van der Waals surface area contributed by atoms with E-state index in [1.165, 1.54) is 31.8 Å². The molecule has 3 saturated carbocycles. The zero-order valence-electron chi connectivity index (χ0n) is 25.4. The molecular weight excluding hydrogens is 476 g/mol. The van der Waals surface area contributed by atoms with Crippen molar-refractivity contribution in [3.05, 3.63) is 11.6 Å². The van der Waals surface area contributed by atoms with Gasteiger partial charge in [-0.1, -0.05) is 53.2 Å². The van der Waals surface area contributed by atoms with Crippen LogP contribution in [0.25, 0.3) is 0 Å². The lowest BCUT2D eigenvalue weighted by Crippen LogP contribution is -2.54. The number of hydrogen-bond acceptors (Lipinski definition) is 5. The second-order valence-electron chi connectivity index (χ2n) is 14.8. The molecule has 5 nitrogen and oxygen atoms in total. The van der Waals surface area contributed by atoms with Crippen molar-refractivity contribution in [2.24, 2.45) is 46.3 Å². The third-order valence-electron chi connectivity index (χ3n) is 12.9. The van der Waals surface area contributed by atoms with Gasteiger partial charge in [-0.15, -0.1) is 0 Å². The standard InChI is InChI=1S/C33H52O5/c1-19(2)20(3)21(4)29(37-23(6)35)32(9)33(38-32)17-14-28-26-11-10-24-18-25(36-22(5)34)12-15-30(24,7)27(26)13-16-31(28,33)8/h10,19-21,25-29H,11-18H2,1-9H3/t20?,21?,25-,26?,27?,28?,29?,30-,31-,32-,33-/m0/s1. The fourth-order valence-corrected chi connectivity index (χ4v) is 10.4. The lowest BCUT2D eigenvalue weighted by Gasteiger charge is -2.58. The fraction of sp³-hybridized carbons (Fsp3) is 0.879. The molecule has 6 unspecified atom stereocenters.